The van der Waals surface area contributed by atoms with E-state index in [2.05, 4.69) is 5.32 Å². The molecular weight excluding hydrogens is 413 g/mol. The number of benzene rings is 2. The lowest BCUT2D eigenvalue weighted by molar-refractivity contribution is -0.133. The number of imide groups is 1. The monoisotopic (exact) mass is 431 g/mol. The average molecular weight is 432 g/mol. The molecule has 1 N–H and O–H groups in total. The third-order valence-electron chi connectivity index (χ3n) is 5.37. The van der Waals surface area contributed by atoms with E-state index >= 15 is 0 Å². The van der Waals surface area contributed by atoms with Crippen LogP contribution in [0.25, 0.3) is 0 Å². The molecule has 0 radical (unpaired) electrons. The Bertz CT molecular complexity index is 962. The fraction of sp³-hybridized carbons (Fsp3) is 0.286. The van der Waals surface area contributed by atoms with E-state index in [-0.39, 0.29) is 24.9 Å². The number of carbonyl (C=O) groups excluding carboxylic acids is 3. The van der Waals surface area contributed by atoms with E-state index in [0.29, 0.717) is 35.0 Å². The van der Waals surface area contributed by atoms with Gasteiger partial charge in [-0.25, -0.2) is 4.79 Å². The minimum Gasteiger partial charge on any atom is -0.336 e. The van der Waals surface area contributed by atoms with E-state index in [0.717, 1.165) is 5.56 Å². The second-order valence-electron chi connectivity index (χ2n) is 7.37. The van der Waals surface area contributed by atoms with Crippen LogP contribution in [0.15, 0.2) is 48.5 Å². The van der Waals surface area contributed by atoms with Gasteiger partial charge in [-0.2, -0.15) is 0 Å². The highest BCUT2D eigenvalue weighted by Crippen LogP contribution is 2.30. The summed E-state index contributed by atoms with van der Waals surface area (Å²) in [5.74, 6) is -0.481. The summed E-state index contributed by atoms with van der Waals surface area (Å²) < 4.78 is 0. The topological polar surface area (TPSA) is 69.7 Å². The van der Waals surface area contributed by atoms with Crippen LogP contribution in [0.3, 0.4) is 0 Å². The lowest BCUT2D eigenvalue weighted by atomic mass is 9.88. The summed E-state index contributed by atoms with van der Waals surface area (Å²) in [6, 6.07) is 13.2. The molecule has 4 amide bonds. The number of urea groups is 1. The van der Waals surface area contributed by atoms with E-state index in [1.165, 1.54) is 4.90 Å². The molecule has 2 aromatic rings. The van der Waals surface area contributed by atoms with E-state index in [4.69, 9.17) is 23.2 Å². The molecule has 1 spiro atoms. The lowest BCUT2D eigenvalue weighted by Crippen LogP contribution is -2.59. The third-order valence-corrected chi connectivity index (χ3v) is 5.87. The molecule has 2 aliphatic rings. The molecule has 0 aromatic heterocycles. The van der Waals surface area contributed by atoms with E-state index in [1.54, 1.807) is 53.4 Å². The maximum Gasteiger partial charge on any atom is 0.325 e. The predicted octanol–water partition coefficient (Wildman–Crippen LogP) is 3.72. The number of hydrogen-bond acceptors (Lipinski definition) is 3. The Morgan fingerprint density at radius 3 is 2.28 bits per heavy atom. The van der Waals surface area contributed by atoms with Gasteiger partial charge in [0.2, 0.25) is 0 Å². The molecule has 0 aliphatic carbocycles. The standard InChI is InChI=1S/C21H19Cl2N3O3/c22-16-6-2-14(3-7-16)12-26-19(28)21(24-20(26)29)10-1-11-25(13-21)18(27)15-4-8-17(23)9-5-15/h2-9H,1,10-13H2,(H,24,29)/t21-/m1/s1. The van der Waals surface area contributed by atoms with Crippen LogP contribution in [0, 0.1) is 0 Å². The van der Waals surface area contributed by atoms with Gasteiger partial charge in [-0.05, 0) is 54.8 Å². The molecule has 2 saturated heterocycles. The summed E-state index contributed by atoms with van der Waals surface area (Å²) in [4.78, 5) is 41.4. The highest BCUT2D eigenvalue weighted by atomic mass is 35.5. The number of carbonyl (C=O) groups is 3. The molecule has 2 aromatic carbocycles. The number of nitrogens with zero attached hydrogens (tertiary/aromatic N) is 2. The molecule has 0 bridgehead atoms. The Morgan fingerprint density at radius 1 is 1.00 bits per heavy atom. The van der Waals surface area contributed by atoms with Gasteiger partial charge in [0, 0.05) is 22.2 Å². The van der Waals surface area contributed by atoms with Crippen molar-refractivity contribution >= 4 is 41.0 Å². The fourth-order valence-corrected chi connectivity index (χ4v) is 4.12. The van der Waals surface area contributed by atoms with Gasteiger partial charge in [-0.15, -0.1) is 0 Å². The van der Waals surface area contributed by atoms with E-state index in [1.807, 2.05) is 0 Å². The van der Waals surface area contributed by atoms with Crippen molar-refractivity contribution in [1.82, 2.24) is 15.1 Å². The van der Waals surface area contributed by atoms with Crippen LogP contribution in [0.4, 0.5) is 4.79 Å². The zero-order chi connectivity index (χ0) is 20.6. The number of nitrogens with one attached hydrogen (secondary N) is 1. The molecule has 0 unspecified atom stereocenters. The van der Waals surface area contributed by atoms with Crippen LogP contribution in [0.2, 0.25) is 10.0 Å². The Kier molecular flexibility index (Phi) is 5.23. The summed E-state index contributed by atoms with van der Waals surface area (Å²) in [6.07, 6.45) is 1.12. The summed E-state index contributed by atoms with van der Waals surface area (Å²) in [5, 5.41) is 3.98. The minimum absolute atomic E-state index is 0.149. The zero-order valence-corrected chi connectivity index (χ0v) is 17.0. The lowest BCUT2D eigenvalue weighted by Gasteiger charge is -2.38. The van der Waals surface area contributed by atoms with E-state index < -0.39 is 11.6 Å². The number of rotatable bonds is 3. The van der Waals surface area contributed by atoms with Gasteiger partial charge in [0.25, 0.3) is 11.8 Å². The van der Waals surface area contributed by atoms with Gasteiger partial charge in [0.1, 0.15) is 5.54 Å². The number of halogens is 2. The highest BCUT2D eigenvalue weighted by molar-refractivity contribution is 6.30. The molecule has 6 nitrogen and oxygen atoms in total. The van der Waals surface area contributed by atoms with Crippen molar-refractivity contribution in [2.75, 3.05) is 13.1 Å². The van der Waals surface area contributed by atoms with Gasteiger partial charge in [0.15, 0.2) is 0 Å². The molecule has 4 rings (SSSR count). The van der Waals surface area contributed by atoms with Gasteiger partial charge < -0.3 is 10.2 Å². The minimum atomic E-state index is -1.08. The molecule has 2 heterocycles. The number of hydrogen-bond donors (Lipinski definition) is 1. The second kappa shape index (κ2) is 7.69. The van der Waals surface area contributed by atoms with Crippen LogP contribution < -0.4 is 5.32 Å². The van der Waals surface area contributed by atoms with Crippen LogP contribution in [0.1, 0.15) is 28.8 Å². The first-order valence-corrected chi connectivity index (χ1v) is 10.1. The smallest absolute Gasteiger partial charge is 0.325 e. The van der Waals surface area contributed by atoms with Gasteiger partial charge in [-0.1, -0.05) is 35.3 Å². The van der Waals surface area contributed by atoms with Crippen molar-refractivity contribution in [3.63, 3.8) is 0 Å². The highest BCUT2D eigenvalue weighted by Gasteiger charge is 2.53. The zero-order valence-electron chi connectivity index (χ0n) is 15.5. The number of piperidine rings is 1. The molecule has 0 saturated carbocycles. The first-order valence-electron chi connectivity index (χ1n) is 9.31. The van der Waals surface area contributed by atoms with Crippen molar-refractivity contribution in [3.8, 4) is 0 Å². The SMILES string of the molecule is O=C(c1ccc(Cl)cc1)N1CCC[C@]2(C1)NC(=O)N(Cc1ccc(Cl)cc1)C2=O. The maximum atomic E-state index is 13.2. The Labute approximate surface area is 178 Å². The first kappa shape index (κ1) is 19.7. The number of likely N-dealkylation sites (tertiary alicyclic amines) is 1. The third kappa shape index (κ3) is 3.82. The summed E-state index contributed by atoms with van der Waals surface area (Å²) >= 11 is 11.8. The van der Waals surface area contributed by atoms with Gasteiger partial charge in [0.05, 0.1) is 13.1 Å². The molecule has 150 valence electrons. The Balaban J connectivity index is 1.52. The van der Waals surface area contributed by atoms with Crippen LogP contribution in [-0.2, 0) is 11.3 Å². The first-order chi connectivity index (χ1) is 13.9. The molecule has 29 heavy (non-hydrogen) atoms. The van der Waals surface area contributed by atoms with Gasteiger partial charge >= 0.3 is 6.03 Å². The van der Waals surface area contributed by atoms with Crippen molar-refractivity contribution in [2.45, 2.75) is 24.9 Å². The van der Waals surface area contributed by atoms with Crippen LogP contribution in [-0.4, -0.2) is 46.3 Å². The molecule has 2 aliphatic heterocycles. The Morgan fingerprint density at radius 2 is 1.62 bits per heavy atom. The quantitative estimate of drug-likeness (QED) is 0.752. The normalized spacial score (nSPS) is 21.6. The molecule has 1 atom stereocenters. The fourth-order valence-electron chi connectivity index (χ4n) is 3.87. The predicted molar refractivity (Wildman–Crippen MR) is 110 cm³/mol. The second-order valence-corrected chi connectivity index (χ2v) is 8.24. The van der Waals surface area contributed by atoms with Crippen LogP contribution >= 0.6 is 23.2 Å². The Hall–Kier alpha value is -2.57. The van der Waals surface area contributed by atoms with Crippen molar-refractivity contribution in [1.29, 1.82) is 0 Å². The molecule has 8 heteroatoms. The maximum absolute atomic E-state index is 13.2. The summed E-state index contributed by atoms with van der Waals surface area (Å²) in [6.45, 7) is 0.842. The average Bonchev–Trinajstić information content (AvgIpc) is 2.93. The number of amides is 4. The molecular formula is C21H19Cl2N3O3. The summed E-state index contributed by atoms with van der Waals surface area (Å²) in [5.41, 5.74) is 0.227. The van der Waals surface area contributed by atoms with Crippen molar-refractivity contribution in [3.05, 3.63) is 69.7 Å². The van der Waals surface area contributed by atoms with Crippen LogP contribution in [0.5, 0.6) is 0 Å². The van der Waals surface area contributed by atoms with Gasteiger partial charge in [-0.3, -0.25) is 14.5 Å². The van der Waals surface area contributed by atoms with Crippen molar-refractivity contribution < 1.29 is 14.4 Å². The summed E-state index contributed by atoms with van der Waals surface area (Å²) in [7, 11) is 0. The largest absolute Gasteiger partial charge is 0.336 e. The van der Waals surface area contributed by atoms with Crippen molar-refractivity contribution in [2.24, 2.45) is 0 Å². The molecule has 2 fully saturated rings. The van der Waals surface area contributed by atoms with E-state index in [9.17, 15) is 14.4 Å².